The maximum Gasteiger partial charge on any atom is 0.151 e. The highest BCUT2D eigenvalue weighted by atomic mass is 35.5. The number of hydrogen-bond donors (Lipinski definition) is 1. The van der Waals surface area contributed by atoms with E-state index in [1.54, 1.807) is 12.5 Å². The van der Waals surface area contributed by atoms with E-state index in [1.165, 1.54) is 24.2 Å². The number of halogens is 2. The zero-order chi connectivity index (χ0) is 18.4. The standard InChI is InChI=1S/C19H13Cl2N5S/c20-11-2-1-3-12(21)16(11)19-25-13-6-7-22-18(17(13)27-19)26-15-8-14(10-4-5-10)23-9-24-15/h1-3,6-10H,4-5H2,(H,22,23,24,26). The maximum atomic E-state index is 6.35. The zero-order valence-corrected chi connectivity index (χ0v) is 16.3. The second kappa shape index (κ2) is 6.71. The lowest BCUT2D eigenvalue weighted by Gasteiger charge is -2.06. The van der Waals surface area contributed by atoms with Crippen molar-refractivity contribution in [3.8, 4) is 10.6 Å². The van der Waals surface area contributed by atoms with Gasteiger partial charge >= 0.3 is 0 Å². The fourth-order valence-electron chi connectivity index (χ4n) is 2.92. The Morgan fingerprint density at radius 3 is 2.63 bits per heavy atom. The van der Waals surface area contributed by atoms with E-state index < -0.39 is 0 Å². The summed E-state index contributed by atoms with van der Waals surface area (Å²) in [6, 6.07) is 9.31. The summed E-state index contributed by atoms with van der Waals surface area (Å²) in [7, 11) is 0. The summed E-state index contributed by atoms with van der Waals surface area (Å²) in [6.07, 6.45) is 5.71. The molecule has 1 aliphatic rings. The molecule has 8 heteroatoms. The molecule has 0 amide bonds. The first-order valence-electron chi connectivity index (χ1n) is 8.48. The van der Waals surface area contributed by atoms with Gasteiger partial charge in [-0.25, -0.2) is 19.9 Å². The summed E-state index contributed by atoms with van der Waals surface area (Å²) in [6.45, 7) is 0. The van der Waals surface area contributed by atoms with Crippen LogP contribution in [-0.4, -0.2) is 19.9 Å². The SMILES string of the molecule is Clc1cccc(Cl)c1-c1nc2ccnc(Nc3cc(C4CC4)ncn3)c2s1. The van der Waals surface area contributed by atoms with E-state index in [0.29, 0.717) is 21.8 Å². The van der Waals surface area contributed by atoms with Crippen molar-refractivity contribution in [3.05, 3.63) is 58.6 Å². The third kappa shape index (κ3) is 3.25. The average molecular weight is 414 g/mol. The Morgan fingerprint density at radius 2 is 1.85 bits per heavy atom. The third-order valence-corrected chi connectivity index (χ3v) is 6.14. The highest BCUT2D eigenvalue weighted by Gasteiger charge is 2.25. The Hall–Kier alpha value is -2.28. The molecule has 0 atom stereocenters. The number of benzene rings is 1. The number of thiazole rings is 1. The molecule has 1 fully saturated rings. The van der Waals surface area contributed by atoms with Gasteiger partial charge in [-0.3, -0.25) is 0 Å². The molecule has 5 rings (SSSR count). The quantitative estimate of drug-likeness (QED) is 0.439. The minimum Gasteiger partial charge on any atom is -0.324 e. The number of nitrogens with one attached hydrogen (secondary N) is 1. The molecule has 0 aliphatic heterocycles. The van der Waals surface area contributed by atoms with E-state index in [2.05, 4.69) is 20.3 Å². The first-order chi connectivity index (χ1) is 13.2. The number of nitrogens with zero attached hydrogens (tertiary/aromatic N) is 4. The van der Waals surface area contributed by atoms with E-state index in [9.17, 15) is 0 Å². The van der Waals surface area contributed by atoms with E-state index in [-0.39, 0.29) is 0 Å². The fourth-order valence-corrected chi connectivity index (χ4v) is 4.68. The molecule has 27 heavy (non-hydrogen) atoms. The predicted octanol–water partition coefficient (Wildman–Crippen LogP) is 6.08. The minimum atomic E-state index is 0.565. The van der Waals surface area contributed by atoms with Crippen LogP contribution in [0.3, 0.4) is 0 Å². The van der Waals surface area contributed by atoms with Crippen LogP contribution >= 0.6 is 34.5 Å². The molecular formula is C19H13Cl2N5S. The summed E-state index contributed by atoms with van der Waals surface area (Å²) in [5.74, 6) is 2.01. The van der Waals surface area contributed by atoms with Crippen LogP contribution in [0.25, 0.3) is 20.8 Å². The summed E-state index contributed by atoms with van der Waals surface area (Å²) >= 11 is 14.2. The topological polar surface area (TPSA) is 63.6 Å². The van der Waals surface area contributed by atoms with Gasteiger partial charge in [0.2, 0.25) is 0 Å². The molecule has 1 N–H and O–H groups in total. The van der Waals surface area contributed by atoms with Gasteiger partial charge in [0.15, 0.2) is 5.82 Å². The minimum absolute atomic E-state index is 0.565. The molecule has 0 saturated heterocycles. The van der Waals surface area contributed by atoms with Crippen molar-refractivity contribution in [2.24, 2.45) is 0 Å². The van der Waals surface area contributed by atoms with Crippen LogP contribution in [0.1, 0.15) is 24.5 Å². The molecule has 0 bridgehead atoms. The monoisotopic (exact) mass is 413 g/mol. The van der Waals surface area contributed by atoms with Crippen molar-refractivity contribution < 1.29 is 0 Å². The summed E-state index contributed by atoms with van der Waals surface area (Å²) < 4.78 is 0.926. The van der Waals surface area contributed by atoms with Gasteiger partial charge in [-0.15, -0.1) is 11.3 Å². The Kier molecular flexibility index (Phi) is 4.19. The lowest BCUT2D eigenvalue weighted by Crippen LogP contribution is -1.98. The highest BCUT2D eigenvalue weighted by Crippen LogP contribution is 2.41. The van der Waals surface area contributed by atoms with Crippen molar-refractivity contribution in [3.63, 3.8) is 0 Å². The van der Waals surface area contributed by atoms with Crippen LogP contribution in [-0.2, 0) is 0 Å². The van der Waals surface area contributed by atoms with Gasteiger partial charge in [0.1, 0.15) is 17.2 Å². The predicted molar refractivity (Wildman–Crippen MR) is 110 cm³/mol. The molecule has 134 valence electrons. The largest absolute Gasteiger partial charge is 0.324 e. The molecule has 1 aromatic carbocycles. The van der Waals surface area contributed by atoms with Crippen LogP contribution in [0.4, 0.5) is 11.6 Å². The maximum absolute atomic E-state index is 6.35. The Morgan fingerprint density at radius 1 is 1.04 bits per heavy atom. The van der Waals surface area contributed by atoms with Gasteiger partial charge < -0.3 is 5.32 Å². The molecular weight excluding hydrogens is 401 g/mol. The van der Waals surface area contributed by atoms with E-state index in [4.69, 9.17) is 28.2 Å². The van der Waals surface area contributed by atoms with Gasteiger partial charge in [-0.2, -0.15) is 0 Å². The lowest BCUT2D eigenvalue weighted by atomic mass is 10.2. The molecule has 3 heterocycles. The lowest BCUT2D eigenvalue weighted by molar-refractivity contribution is 0.989. The van der Waals surface area contributed by atoms with Crippen molar-refractivity contribution >= 4 is 56.4 Å². The van der Waals surface area contributed by atoms with Crippen molar-refractivity contribution in [2.45, 2.75) is 18.8 Å². The summed E-state index contributed by atoms with van der Waals surface area (Å²) in [4.78, 5) is 17.9. The van der Waals surface area contributed by atoms with Gasteiger partial charge in [0.05, 0.1) is 20.3 Å². The number of pyridine rings is 1. The van der Waals surface area contributed by atoms with E-state index in [0.717, 1.165) is 32.3 Å². The summed E-state index contributed by atoms with van der Waals surface area (Å²) in [5.41, 5.74) is 2.65. The molecule has 5 nitrogen and oxygen atoms in total. The smallest absolute Gasteiger partial charge is 0.151 e. The second-order valence-electron chi connectivity index (χ2n) is 6.35. The van der Waals surface area contributed by atoms with Crippen LogP contribution in [0.5, 0.6) is 0 Å². The van der Waals surface area contributed by atoms with Crippen molar-refractivity contribution in [1.29, 1.82) is 0 Å². The normalized spacial score (nSPS) is 13.9. The zero-order valence-electron chi connectivity index (χ0n) is 14.0. The van der Waals surface area contributed by atoms with Crippen LogP contribution < -0.4 is 5.32 Å². The third-order valence-electron chi connectivity index (χ3n) is 4.41. The molecule has 3 aromatic heterocycles. The van der Waals surface area contributed by atoms with E-state index in [1.807, 2.05) is 30.3 Å². The Labute approximate surface area is 169 Å². The summed E-state index contributed by atoms with van der Waals surface area (Å²) in [5, 5.41) is 5.22. The van der Waals surface area contributed by atoms with Crippen molar-refractivity contribution in [2.75, 3.05) is 5.32 Å². The van der Waals surface area contributed by atoms with Crippen LogP contribution in [0.2, 0.25) is 10.0 Å². The number of anilines is 2. The van der Waals surface area contributed by atoms with Crippen molar-refractivity contribution in [1.82, 2.24) is 19.9 Å². The van der Waals surface area contributed by atoms with Gasteiger partial charge in [-0.1, -0.05) is 29.3 Å². The van der Waals surface area contributed by atoms with Gasteiger partial charge in [0, 0.05) is 29.4 Å². The van der Waals surface area contributed by atoms with Crippen LogP contribution in [0, 0.1) is 0 Å². The second-order valence-corrected chi connectivity index (χ2v) is 8.16. The first kappa shape index (κ1) is 16.9. The molecule has 0 unspecified atom stereocenters. The molecule has 1 aliphatic carbocycles. The number of fused-ring (bicyclic) bond motifs is 1. The molecule has 0 radical (unpaired) electrons. The first-order valence-corrected chi connectivity index (χ1v) is 10.0. The Balaban J connectivity index is 1.56. The van der Waals surface area contributed by atoms with E-state index >= 15 is 0 Å². The number of hydrogen-bond acceptors (Lipinski definition) is 6. The van der Waals surface area contributed by atoms with Gasteiger partial charge in [0.25, 0.3) is 0 Å². The molecule has 4 aromatic rings. The molecule has 1 saturated carbocycles. The number of rotatable bonds is 4. The fraction of sp³-hybridized carbons (Fsp3) is 0.158. The Bertz CT molecular complexity index is 1140. The number of aromatic nitrogens is 4. The molecule has 0 spiro atoms. The van der Waals surface area contributed by atoms with Crippen LogP contribution in [0.15, 0.2) is 42.9 Å². The highest BCUT2D eigenvalue weighted by molar-refractivity contribution is 7.22. The average Bonchev–Trinajstić information content (AvgIpc) is 3.42. The van der Waals surface area contributed by atoms with Gasteiger partial charge in [-0.05, 0) is 31.0 Å².